The fourth-order valence-electron chi connectivity index (χ4n) is 2.70. The van der Waals surface area contributed by atoms with Crippen LogP contribution in [0.2, 0.25) is 0 Å². The summed E-state index contributed by atoms with van der Waals surface area (Å²) in [6.45, 7) is 4.30. The van der Waals surface area contributed by atoms with E-state index in [1.54, 1.807) is 0 Å². The summed E-state index contributed by atoms with van der Waals surface area (Å²) in [6.07, 6.45) is 4.23. The van der Waals surface area contributed by atoms with Gasteiger partial charge in [-0.2, -0.15) is 5.10 Å². The highest BCUT2D eigenvalue weighted by Crippen LogP contribution is 2.18. The van der Waals surface area contributed by atoms with Crippen LogP contribution in [0.5, 0.6) is 0 Å². The van der Waals surface area contributed by atoms with Crippen LogP contribution in [0, 0.1) is 0 Å². The molecule has 0 unspecified atom stereocenters. The van der Waals surface area contributed by atoms with Crippen LogP contribution in [0.1, 0.15) is 17.5 Å². The van der Waals surface area contributed by atoms with Crippen molar-refractivity contribution >= 4 is 5.82 Å². The minimum atomic E-state index is 0.604. The first-order valence-electron chi connectivity index (χ1n) is 6.89. The van der Waals surface area contributed by atoms with Crippen LogP contribution < -0.4 is 5.73 Å². The van der Waals surface area contributed by atoms with Crippen molar-refractivity contribution < 1.29 is 0 Å². The zero-order chi connectivity index (χ0) is 13.1. The quantitative estimate of drug-likeness (QED) is 0.909. The van der Waals surface area contributed by atoms with Gasteiger partial charge >= 0.3 is 0 Å². The first-order chi connectivity index (χ1) is 9.31. The molecule has 2 aromatic rings. The van der Waals surface area contributed by atoms with Crippen LogP contribution in [-0.4, -0.2) is 27.8 Å². The van der Waals surface area contributed by atoms with Crippen LogP contribution in [0.4, 0.5) is 5.82 Å². The van der Waals surface area contributed by atoms with E-state index in [4.69, 9.17) is 5.73 Å². The Kier molecular flexibility index (Phi) is 3.51. The molecule has 2 N–H and O–H groups in total. The standard InChI is InChI=1S/C15H20N4/c16-15-7-11-19(17-15)9-3-8-18-10-6-13-4-1-2-5-14(13)12-18/h1-2,4-5,7,11H,3,6,8-10,12H2,(H2,16,17). The molecule has 1 aliphatic heterocycles. The van der Waals surface area contributed by atoms with Gasteiger partial charge in [0.2, 0.25) is 0 Å². The van der Waals surface area contributed by atoms with E-state index in [2.05, 4.69) is 34.3 Å². The van der Waals surface area contributed by atoms with Gasteiger partial charge in [-0.05, 0) is 30.0 Å². The third kappa shape index (κ3) is 2.96. The van der Waals surface area contributed by atoms with Gasteiger partial charge < -0.3 is 5.73 Å². The molecule has 4 heteroatoms. The lowest BCUT2D eigenvalue weighted by molar-refractivity contribution is 0.245. The fraction of sp³-hybridized carbons (Fsp3) is 0.400. The van der Waals surface area contributed by atoms with Crippen LogP contribution in [0.25, 0.3) is 0 Å². The summed E-state index contributed by atoms with van der Waals surface area (Å²) in [5, 5.41) is 4.21. The highest BCUT2D eigenvalue weighted by molar-refractivity contribution is 5.29. The summed E-state index contributed by atoms with van der Waals surface area (Å²) >= 11 is 0. The maximum absolute atomic E-state index is 5.60. The number of fused-ring (bicyclic) bond motifs is 1. The normalized spacial score (nSPS) is 15.4. The van der Waals surface area contributed by atoms with Gasteiger partial charge in [-0.25, -0.2) is 0 Å². The molecule has 4 nitrogen and oxygen atoms in total. The molecule has 0 fully saturated rings. The summed E-state index contributed by atoms with van der Waals surface area (Å²) in [6, 6.07) is 10.6. The highest BCUT2D eigenvalue weighted by atomic mass is 15.3. The molecule has 0 bridgehead atoms. The summed E-state index contributed by atoms with van der Waals surface area (Å²) in [7, 11) is 0. The molecular weight excluding hydrogens is 236 g/mol. The zero-order valence-electron chi connectivity index (χ0n) is 11.1. The average Bonchev–Trinajstić information content (AvgIpc) is 2.84. The molecule has 0 spiro atoms. The monoisotopic (exact) mass is 256 g/mol. The summed E-state index contributed by atoms with van der Waals surface area (Å²) in [4.78, 5) is 2.52. The van der Waals surface area contributed by atoms with Crippen molar-refractivity contribution in [3.63, 3.8) is 0 Å². The summed E-state index contributed by atoms with van der Waals surface area (Å²) in [5.74, 6) is 0.604. The number of anilines is 1. The smallest absolute Gasteiger partial charge is 0.145 e. The lowest BCUT2D eigenvalue weighted by Gasteiger charge is -2.28. The first kappa shape index (κ1) is 12.2. The fourth-order valence-corrected chi connectivity index (χ4v) is 2.70. The Morgan fingerprint density at radius 3 is 2.74 bits per heavy atom. The number of rotatable bonds is 4. The molecular formula is C15H20N4. The van der Waals surface area contributed by atoms with Gasteiger partial charge in [-0.3, -0.25) is 9.58 Å². The number of hydrogen-bond donors (Lipinski definition) is 1. The predicted octanol–water partition coefficient (Wildman–Crippen LogP) is 1.91. The third-order valence-corrected chi connectivity index (χ3v) is 3.73. The molecule has 0 aliphatic carbocycles. The van der Waals surface area contributed by atoms with Gasteiger partial charge in [0.25, 0.3) is 0 Å². The van der Waals surface area contributed by atoms with E-state index in [1.165, 1.54) is 17.5 Å². The van der Waals surface area contributed by atoms with Crippen molar-refractivity contribution in [2.24, 2.45) is 0 Å². The lowest BCUT2D eigenvalue weighted by atomic mass is 10.00. The van der Waals surface area contributed by atoms with Gasteiger partial charge in [0.15, 0.2) is 0 Å². The zero-order valence-corrected chi connectivity index (χ0v) is 11.1. The second-order valence-corrected chi connectivity index (χ2v) is 5.15. The maximum atomic E-state index is 5.60. The van der Waals surface area contributed by atoms with E-state index in [0.717, 1.165) is 32.6 Å². The number of nitrogen functional groups attached to an aromatic ring is 1. The minimum Gasteiger partial charge on any atom is -0.382 e. The SMILES string of the molecule is Nc1ccn(CCCN2CCc3ccccc3C2)n1. The number of nitrogens with zero attached hydrogens (tertiary/aromatic N) is 3. The van der Waals surface area contributed by atoms with Crippen molar-refractivity contribution in [2.75, 3.05) is 18.8 Å². The predicted molar refractivity (Wildman–Crippen MR) is 76.7 cm³/mol. The van der Waals surface area contributed by atoms with Gasteiger partial charge in [-0.15, -0.1) is 0 Å². The molecule has 0 atom stereocenters. The van der Waals surface area contributed by atoms with Gasteiger partial charge in [0, 0.05) is 32.4 Å². The third-order valence-electron chi connectivity index (χ3n) is 3.73. The first-order valence-corrected chi connectivity index (χ1v) is 6.89. The van der Waals surface area contributed by atoms with E-state index >= 15 is 0 Å². The molecule has 3 rings (SSSR count). The van der Waals surface area contributed by atoms with Crippen LogP contribution in [0.15, 0.2) is 36.5 Å². The van der Waals surface area contributed by atoms with E-state index < -0.39 is 0 Å². The van der Waals surface area contributed by atoms with E-state index in [-0.39, 0.29) is 0 Å². The molecule has 100 valence electrons. The maximum Gasteiger partial charge on any atom is 0.145 e. The molecule has 19 heavy (non-hydrogen) atoms. The van der Waals surface area contributed by atoms with E-state index in [1.807, 2.05) is 16.9 Å². The Bertz CT molecular complexity index is 547. The van der Waals surface area contributed by atoms with Gasteiger partial charge in [0.05, 0.1) is 0 Å². The summed E-state index contributed by atoms with van der Waals surface area (Å²) in [5.41, 5.74) is 8.60. The second kappa shape index (κ2) is 5.45. The summed E-state index contributed by atoms with van der Waals surface area (Å²) < 4.78 is 1.92. The van der Waals surface area contributed by atoms with Gasteiger partial charge in [-0.1, -0.05) is 24.3 Å². The molecule has 1 aromatic carbocycles. The Labute approximate surface area is 113 Å². The number of hydrogen-bond acceptors (Lipinski definition) is 3. The molecule has 1 aromatic heterocycles. The number of aryl methyl sites for hydroxylation is 1. The number of nitrogens with two attached hydrogens (primary N) is 1. The van der Waals surface area contributed by atoms with Crippen LogP contribution in [-0.2, 0) is 19.5 Å². The van der Waals surface area contributed by atoms with Crippen LogP contribution in [0.3, 0.4) is 0 Å². The Balaban J connectivity index is 1.50. The molecule has 0 amide bonds. The molecule has 1 aliphatic rings. The van der Waals surface area contributed by atoms with Crippen molar-refractivity contribution in [2.45, 2.75) is 25.9 Å². The Morgan fingerprint density at radius 1 is 1.11 bits per heavy atom. The number of aromatic nitrogens is 2. The Morgan fingerprint density at radius 2 is 1.95 bits per heavy atom. The second-order valence-electron chi connectivity index (χ2n) is 5.15. The average molecular weight is 256 g/mol. The van der Waals surface area contributed by atoms with E-state index in [9.17, 15) is 0 Å². The molecule has 2 heterocycles. The molecule has 0 radical (unpaired) electrons. The molecule has 0 saturated heterocycles. The Hall–Kier alpha value is -1.81. The highest BCUT2D eigenvalue weighted by Gasteiger charge is 2.14. The lowest BCUT2D eigenvalue weighted by Crippen LogP contribution is -2.31. The minimum absolute atomic E-state index is 0.604. The van der Waals surface area contributed by atoms with Crippen molar-refractivity contribution in [3.05, 3.63) is 47.7 Å². The topological polar surface area (TPSA) is 47.1 Å². The van der Waals surface area contributed by atoms with Crippen molar-refractivity contribution in [1.29, 1.82) is 0 Å². The van der Waals surface area contributed by atoms with E-state index in [0.29, 0.717) is 5.82 Å². The molecule has 0 saturated carbocycles. The van der Waals surface area contributed by atoms with Crippen molar-refractivity contribution in [1.82, 2.24) is 14.7 Å². The largest absolute Gasteiger partial charge is 0.382 e. The number of benzene rings is 1. The van der Waals surface area contributed by atoms with Crippen molar-refractivity contribution in [3.8, 4) is 0 Å². The van der Waals surface area contributed by atoms with Gasteiger partial charge in [0.1, 0.15) is 5.82 Å². The van der Waals surface area contributed by atoms with Crippen LogP contribution >= 0.6 is 0 Å².